The maximum absolute atomic E-state index is 14.4. The molecule has 3 aromatic carbocycles. The predicted octanol–water partition coefficient (Wildman–Crippen LogP) is 5.61. The Morgan fingerprint density at radius 2 is 1.51 bits per heavy atom. The van der Waals surface area contributed by atoms with E-state index in [1.807, 2.05) is 45.0 Å². The standard InChI is InChI=1S/C33H40ClN3O6/c1-20-9-7-10-21(2)27(20)29(30(40)36-28-22(3)11-8-12-25(28)34)37(17-18-38)31(41)26(35-32(42)43-33(4,5)6)19-23-13-15-24(39)16-14-23/h7-16,26,29,38-39H,17-19H2,1-6H3,(H,35,42)(H,36,40). The Labute approximate surface area is 257 Å². The number of ether oxygens (including phenoxy) is 1. The van der Waals surface area contributed by atoms with E-state index in [1.165, 1.54) is 17.0 Å². The normalized spacial score (nSPS) is 12.7. The number of phenolic OH excluding ortho intramolecular Hbond substituents is 1. The number of aliphatic hydroxyl groups is 1. The van der Waals surface area contributed by atoms with Crippen molar-refractivity contribution in [1.29, 1.82) is 0 Å². The van der Waals surface area contributed by atoms with Gasteiger partial charge in [-0.2, -0.15) is 0 Å². The van der Waals surface area contributed by atoms with E-state index in [0.717, 1.165) is 16.7 Å². The van der Waals surface area contributed by atoms with Gasteiger partial charge in [-0.15, -0.1) is 0 Å². The van der Waals surface area contributed by atoms with Gasteiger partial charge in [0.1, 0.15) is 23.4 Å². The lowest BCUT2D eigenvalue weighted by Crippen LogP contribution is -2.54. The number of aliphatic hydroxyl groups excluding tert-OH is 1. The third kappa shape index (κ3) is 8.95. The first-order valence-electron chi connectivity index (χ1n) is 14.0. The van der Waals surface area contributed by atoms with Gasteiger partial charge < -0.3 is 30.5 Å². The van der Waals surface area contributed by atoms with Gasteiger partial charge in [0, 0.05) is 13.0 Å². The van der Waals surface area contributed by atoms with Crippen LogP contribution in [0.2, 0.25) is 5.02 Å². The molecule has 0 aliphatic rings. The monoisotopic (exact) mass is 609 g/mol. The van der Waals surface area contributed by atoms with Crippen molar-refractivity contribution in [2.24, 2.45) is 0 Å². The summed E-state index contributed by atoms with van der Waals surface area (Å²) in [5.74, 6) is -1.09. The maximum Gasteiger partial charge on any atom is 0.408 e. The van der Waals surface area contributed by atoms with Crippen LogP contribution < -0.4 is 10.6 Å². The molecule has 3 amide bonds. The van der Waals surface area contributed by atoms with E-state index in [9.17, 15) is 24.6 Å². The summed E-state index contributed by atoms with van der Waals surface area (Å²) >= 11 is 6.44. The Hall–Kier alpha value is -4.08. The quantitative estimate of drug-likeness (QED) is 0.237. The van der Waals surface area contributed by atoms with Gasteiger partial charge in [0.2, 0.25) is 5.91 Å². The van der Waals surface area contributed by atoms with Crippen LogP contribution in [-0.4, -0.2) is 57.8 Å². The molecular formula is C33H40ClN3O6. The zero-order chi connectivity index (χ0) is 31.9. The minimum atomic E-state index is -1.18. The number of rotatable bonds is 10. The number of hydrogen-bond donors (Lipinski definition) is 4. The summed E-state index contributed by atoms with van der Waals surface area (Å²) in [6, 6.07) is 14.7. The number of nitrogens with zero attached hydrogens (tertiary/aromatic N) is 1. The molecule has 0 fully saturated rings. The number of aromatic hydroxyl groups is 1. The third-order valence-electron chi connectivity index (χ3n) is 6.83. The van der Waals surface area contributed by atoms with E-state index in [1.54, 1.807) is 45.0 Å². The summed E-state index contributed by atoms with van der Waals surface area (Å²) in [7, 11) is 0. The molecule has 4 N–H and O–H groups in total. The highest BCUT2D eigenvalue weighted by atomic mass is 35.5. The molecule has 3 aromatic rings. The Morgan fingerprint density at radius 1 is 0.930 bits per heavy atom. The number of carbonyl (C=O) groups excluding carboxylic acids is 3. The Bertz CT molecular complexity index is 1410. The number of carbonyl (C=O) groups is 3. The second-order valence-corrected chi connectivity index (χ2v) is 11.9. The second-order valence-electron chi connectivity index (χ2n) is 11.5. The fourth-order valence-corrected chi connectivity index (χ4v) is 5.13. The topological polar surface area (TPSA) is 128 Å². The molecule has 0 aliphatic heterocycles. The number of alkyl carbamates (subject to hydrolysis) is 1. The molecule has 3 rings (SSSR count). The minimum absolute atomic E-state index is 0.0327. The van der Waals surface area contributed by atoms with Crippen molar-refractivity contribution in [3.8, 4) is 5.75 Å². The zero-order valence-electron chi connectivity index (χ0n) is 25.4. The number of phenols is 1. The minimum Gasteiger partial charge on any atom is -0.508 e. The van der Waals surface area contributed by atoms with Crippen LogP contribution in [0.4, 0.5) is 10.5 Å². The second kappa shape index (κ2) is 14.4. The number of benzene rings is 3. The molecule has 0 aromatic heterocycles. The van der Waals surface area contributed by atoms with Crippen LogP contribution in [-0.2, 0) is 20.7 Å². The van der Waals surface area contributed by atoms with E-state index >= 15 is 0 Å². The van der Waals surface area contributed by atoms with Crippen LogP contribution >= 0.6 is 11.6 Å². The van der Waals surface area contributed by atoms with Crippen LogP contribution in [0.5, 0.6) is 5.75 Å². The molecule has 2 unspecified atom stereocenters. The summed E-state index contributed by atoms with van der Waals surface area (Å²) in [5.41, 5.74) is 3.09. The molecule has 2 atom stereocenters. The molecule has 0 spiro atoms. The number of hydrogen-bond acceptors (Lipinski definition) is 6. The number of aryl methyl sites for hydroxylation is 3. The number of anilines is 1. The number of halogens is 1. The Balaban J connectivity index is 2.12. The predicted molar refractivity (Wildman–Crippen MR) is 167 cm³/mol. The first-order valence-corrected chi connectivity index (χ1v) is 14.4. The first kappa shape index (κ1) is 33.4. The summed E-state index contributed by atoms with van der Waals surface area (Å²) in [6.45, 7) is 9.98. The van der Waals surface area contributed by atoms with E-state index < -0.39 is 42.2 Å². The van der Waals surface area contributed by atoms with E-state index in [-0.39, 0.29) is 18.7 Å². The third-order valence-corrected chi connectivity index (χ3v) is 7.15. The van der Waals surface area contributed by atoms with Gasteiger partial charge in [-0.1, -0.05) is 54.1 Å². The molecule has 10 heteroatoms. The number of nitrogens with one attached hydrogen (secondary N) is 2. The van der Waals surface area contributed by atoms with Crippen molar-refractivity contribution >= 4 is 35.2 Å². The molecule has 0 bridgehead atoms. The van der Waals surface area contributed by atoms with Crippen LogP contribution in [0.1, 0.15) is 54.6 Å². The Morgan fingerprint density at radius 3 is 2.07 bits per heavy atom. The summed E-state index contributed by atoms with van der Waals surface area (Å²) in [6.07, 6.45) is -0.779. The van der Waals surface area contributed by atoms with Gasteiger partial charge in [0.05, 0.1) is 17.3 Å². The van der Waals surface area contributed by atoms with Crippen LogP contribution in [0.25, 0.3) is 0 Å². The average molecular weight is 610 g/mol. The average Bonchev–Trinajstić information content (AvgIpc) is 2.91. The molecule has 43 heavy (non-hydrogen) atoms. The van der Waals surface area contributed by atoms with Crippen molar-refractivity contribution in [2.45, 2.75) is 65.6 Å². The lowest BCUT2D eigenvalue weighted by molar-refractivity contribution is -0.141. The van der Waals surface area contributed by atoms with E-state index in [0.29, 0.717) is 21.8 Å². The van der Waals surface area contributed by atoms with Gasteiger partial charge in [-0.3, -0.25) is 9.59 Å². The van der Waals surface area contributed by atoms with Gasteiger partial charge in [-0.05, 0) is 87.6 Å². The van der Waals surface area contributed by atoms with Crippen molar-refractivity contribution in [1.82, 2.24) is 10.2 Å². The molecule has 0 saturated heterocycles. The smallest absolute Gasteiger partial charge is 0.408 e. The van der Waals surface area contributed by atoms with Gasteiger partial charge in [0.25, 0.3) is 5.91 Å². The van der Waals surface area contributed by atoms with Crippen molar-refractivity contribution in [3.05, 3.63) is 93.5 Å². The van der Waals surface area contributed by atoms with Crippen molar-refractivity contribution in [2.75, 3.05) is 18.5 Å². The van der Waals surface area contributed by atoms with Crippen LogP contribution in [0, 0.1) is 20.8 Å². The first-order chi connectivity index (χ1) is 20.2. The van der Waals surface area contributed by atoms with Gasteiger partial charge in [-0.25, -0.2) is 4.79 Å². The van der Waals surface area contributed by atoms with Crippen molar-refractivity contribution in [3.63, 3.8) is 0 Å². The van der Waals surface area contributed by atoms with Crippen LogP contribution in [0.15, 0.2) is 60.7 Å². The van der Waals surface area contributed by atoms with E-state index in [4.69, 9.17) is 16.3 Å². The molecule has 0 heterocycles. The molecular weight excluding hydrogens is 570 g/mol. The molecule has 9 nitrogen and oxygen atoms in total. The lowest BCUT2D eigenvalue weighted by Gasteiger charge is -2.35. The van der Waals surface area contributed by atoms with Crippen LogP contribution in [0.3, 0.4) is 0 Å². The summed E-state index contributed by atoms with van der Waals surface area (Å²) in [5, 5.41) is 25.8. The highest BCUT2D eigenvalue weighted by Crippen LogP contribution is 2.32. The molecule has 0 radical (unpaired) electrons. The molecule has 0 saturated carbocycles. The fraction of sp³-hybridized carbons (Fsp3) is 0.364. The largest absolute Gasteiger partial charge is 0.508 e. The number of para-hydroxylation sites is 1. The summed E-state index contributed by atoms with van der Waals surface area (Å²) in [4.78, 5) is 42.8. The lowest BCUT2D eigenvalue weighted by atomic mass is 9.93. The number of amides is 3. The summed E-state index contributed by atoms with van der Waals surface area (Å²) < 4.78 is 5.45. The van der Waals surface area contributed by atoms with E-state index in [2.05, 4.69) is 10.6 Å². The Kier molecular flexibility index (Phi) is 11.2. The SMILES string of the molecule is Cc1cccc(Cl)c1NC(=O)C(c1c(C)cccc1C)N(CCO)C(=O)C(Cc1ccc(O)cc1)NC(=O)OC(C)(C)C. The van der Waals surface area contributed by atoms with Gasteiger partial charge >= 0.3 is 6.09 Å². The highest BCUT2D eigenvalue weighted by Gasteiger charge is 2.38. The fourth-order valence-electron chi connectivity index (χ4n) is 4.86. The van der Waals surface area contributed by atoms with Crippen molar-refractivity contribution < 1.29 is 29.3 Å². The molecule has 0 aliphatic carbocycles. The maximum atomic E-state index is 14.4. The highest BCUT2D eigenvalue weighted by molar-refractivity contribution is 6.34. The zero-order valence-corrected chi connectivity index (χ0v) is 26.2. The van der Waals surface area contributed by atoms with Gasteiger partial charge in [0.15, 0.2) is 0 Å². The molecule has 230 valence electrons.